The summed E-state index contributed by atoms with van der Waals surface area (Å²) in [6.45, 7) is 0. The Kier molecular flexibility index (Phi) is 5.33. The molecule has 2 aliphatic rings. The lowest BCUT2D eigenvalue weighted by molar-refractivity contribution is 0.386. The molecule has 1 atom stereocenters. The zero-order chi connectivity index (χ0) is 11.2. The maximum atomic E-state index is 5.70. The molecular weight excluding hydrogens is 214 g/mol. The van der Waals surface area contributed by atoms with Crippen LogP contribution < -0.4 is 4.98 Å². The lowest BCUT2D eigenvalue weighted by atomic mass is 10.1. The van der Waals surface area contributed by atoms with Crippen LogP contribution in [0, 0.1) is 5.92 Å². The van der Waals surface area contributed by atoms with Gasteiger partial charge in [0.15, 0.2) is 0 Å². The third-order valence-electron chi connectivity index (χ3n) is 4.37. The summed E-state index contributed by atoms with van der Waals surface area (Å²) in [5.74, 6) is 1.02. The molecule has 0 amide bonds. The lowest BCUT2D eigenvalue weighted by Crippen LogP contribution is -2.42. The Bertz CT molecular complexity index is 188. The summed E-state index contributed by atoms with van der Waals surface area (Å²) < 4.78 is 5.70. The minimum atomic E-state index is -1.07. The smallest absolute Gasteiger partial charge is 0.252 e. The molecule has 3 heteroatoms. The van der Waals surface area contributed by atoms with Gasteiger partial charge in [-0.25, -0.2) is 0 Å². The molecule has 0 radical (unpaired) electrons. The quantitative estimate of drug-likeness (QED) is 0.722. The molecule has 2 rings (SSSR count). The highest BCUT2D eigenvalue weighted by Gasteiger charge is 2.22. The topological polar surface area (TPSA) is 21.3 Å². The fraction of sp³-hybridized carbons (Fsp3) is 1.00. The van der Waals surface area contributed by atoms with Crippen LogP contribution in [0.1, 0.15) is 57.8 Å². The van der Waals surface area contributed by atoms with Gasteiger partial charge in [0.1, 0.15) is 0 Å². The number of hydrogen-bond acceptors (Lipinski definition) is 2. The molecule has 0 aromatic carbocycles. The summed E-state index contributed by atoms with van der Waals surface area (Å²) in [6, 6.07) is 2.14. The van der Waals surface area contributed by atoms with Crippen molar-refractivity contribution in [3.8, 4) is 0 Å². The summed E-state index contributed by atoms with van der Waals surface area (Å²) in [7, 11) is 0.838. The zero-order valence-electron chi connectivity index (χ0n) is 10.7. The Labute approximate surface area is 102 Å². The molecule has 94 valence electrons. The van der Waals surface area contributed by atoms with Crippen LogP contribution in [0.25, 0.3) is 0 Å². The number of hydrogen-bond donors (Lipinski definition) is 1. The van der Waals surface area contributed by atoms with Crippen molar-refractivity contribution in [3.63, 3.8) is 0 Å². The van der Waals surface area contributed by atoms with E-state index in [1.165, 1.54) is 63.8 Å². The van der Waals surface area contributed by atoms with Crippen molar-refractivity contribution in [2.24, 2.45) is 5.92 Å². The van der Waals surface area contributed by atoms with Crippen molar-refractivity contribution in [2.45, 2.75) is 69.9 Å². The van der Waals surface area contributed by atoms with Crippen LogP contribution in [0.3, 0.4) is 0 Å². The second-order valence-electron chi connectivity index (χ2n) is 5.60. The van der Waals surface area contributed by atoms with Crippen LogP contribution in [-0.4, -0.2) is 22.4 Å². The summed E-state index contributed by atoms with van der Waals surface area (Å²) in [5.41, 5.74) is 0. The third kappa shape index (κ3) is 3.86. The Hall–Kier alpha value is 0.137. The number of rotatable bonds is 6. The zero-order valence-corrected chi connectivity index (χ0v) is 11.9. The predicted molar refractivity (Wildman–Crippen MR) is 70.9 cm³/mol. The third-order valence-corrected chi connectivity index (χ3v) is 6.64. The Balaban J connectivity index is 1.63. The molecular formula is C13H27NOSi. The molecule has 2 aliphatic carbocycles. The van der Waals surface area contributed by atoms with E-state index in [-0.39, 0.29) is 0 Å². The van der Waals surface area contributed by atoms with E-state index < -0.39 is 9.20 Å². The first-order chi connectivity index (χ1) is 7.88. The highest BCUT2D eigenvalue weighted by Crippen LogP contribution is 2.29. The molecule has 2 saturated carbocycles. The van der Waals surface area contributed by atoms with Gasteiger partial charge in [-0.05, 0) is 31.2 Å². The monoisotopic (exact) mass is 241 g/mol. The van der Waals surface area contributed by atoms with Crippen molar-refractivity contribution in [3.05, 3.63) is 0 Å². The van der Waals surface area contributed by atoms with Crippen LogP contribution in [0.4, 0.5) is 0 Å². The first-order valence-electron chi connectivity index (χ1n) is 7.17. The van der Waals surface area contributed by atoms with E-state index in [9.17, 15) is 0 Å². The van der Waals surface area contributed by atoms with Gasteiger partial charge in [0.25, 0.3) is 9.20 Å². The van der Waals surface area contributed by atoms with E-state index in [2.05, 4.69) is 4.98 Å². The van der Waals surface area contributed by atoms with Gasteiger partial charge >= 0.3 is 0 Å². The first kappa shape index (κ1) is 12.6. The maximum Gasteiger partial charge on any atom is 0.252 e. The van der Waals surface area contributed by atoms with E-state index in [0.29, 0.717) is 0 Å². The lowest BCUT2D eigenvalue weighted by Gasteiger charge is -2.21. The van der Waals surface area contributed by atoms with Gasteiger partial charge in [-0.1, -0.05) is 38.5 Å². The van der Waals surface area contributed by atoms with Crippen LogP contribution in [0.15, 0.2) is 0 Å². The van der Waals surface area contributed by atoms with Gasteiger partial charge in [-0.2, -0.15) is 0 Å². The summed E-state index contributed by atoms with van der Waals surface area (Å²) in [6.07, 6.45) is 12.9. The van der Waals surface area contributed by atoms with E-state index in [0.717, 1.165) is 12.0 Å². The molecule has 0 bridgehead atoms. The van der Waals surface area contributed by atoms with Gasteiger partial charge in [0, 0.05) is 13.2 Å². The second-order valence-corrected chi connectivity index (χ2v) is 7.96. The summed E-state index contributed by atoms with van der Waals surface area (Å²) in [4.78, 5) is 3.81. The van der Waals surface area contributed by atoms with Crippen molar-refractivity contribution < 1.29 is 4.43 Å². The molecule has 0 aromatic heterocycles. The van der Waals surface area contributed by atoms with E-state index in [1.54, 1.807) is 0 Å². The van der Waals surface area contributed by atoms with Gasteiger partial charge < -0.3 is 9.41 Å². The van der Waals surface area contributed by atoms with Crippen LogP contribution in [0.5, 0.6) is 0 Å². The fourth-order valence-corrected chi connectivity index (χ4v) is 5.48. The molecule has 2 nitrogen and oxygen atoms in total. The highest BCUT2D eigenvalue weighted by molar-refractivity contribution is 6.48. The standard InChI is InChI=1S/C13H27NOSi/c1-15-16(14-13-8-4-5-9-13)11-10-12-6-2-3-7-12/h12-14,16H,2-11H2,1H3. The van der Waals surface area contributed by atoms with E-state index in [4.69, 9.17) is 4.43 Å². The van der Waals surface area contributed by atoms with E-state index in [1.807, 2.05) is 7.11 Å². The maximum absolute atomic E-state index is 5.70. The second kappa shape index (κ2) is 6.77. The Morgan fingerprint density at radius 3 is 2.31 bits per heavy atom. The van der Waals surface area contributed by atoms with Crippen molar-refractivity contribution in [1.82, 2.24) is 4.98 Å². The highest BCUT2D eigenvalue weighted by atomic mass is 28.3. The van der Waals surface area contributed by atoms with Gasteiger partial charge in [-0.3, -0.25) is 0 Å². The molecule has 1 unspecified atom stereocenters. The fourth-order valence-electron chi connectivity index (χ4n) is 3.31. The van der Waals surface area contributed by atoms with Crippen molar-refractivity contribution in [1.29, 1.82) is 0 Å². The molecule has 2 fully saturated rings. The van der Waals surface area contributed by atoms with Crippen molar-refractivity contribution >= 4 is 9.20 Å². The molecule has 0 spiro atoms. The molecule has 0 saturated heterocycles. The summed E-state index contributed by atoms with van der Waals surface area (Å²) >= 11 is 0. The minimum absolute atomic E-state index is 0.792. The number of nitrogens with one attached hydrogen (secondary N) is 1. The molecule has 16 heavy (non-hydrogen) atoms. The van der Waals surface area contributed by atoms with Gasteiger partial charge in [0.05, 0.1) is 0 Å². The average molecular weight is 241 g/mol. The van der Waals surface area contributed by atoms with Gasteiger partial charge in [0.2, 0.25) is 0 Å². The average Bonchev–Trinajstić information content (AvgIpc) is 2.97. The molecule has 0 aliphatic heterocycles. The molecule has 1 N–H and O–H groups in total. The van der Waals surface area contributed by atoms with Crippen molar-refractivity contribution in [2.75, 3.05) is 7.11 Å². The first-order valence-corrected chi connectivity index (χ1v) is 9.04. The van der Waals surface area contributed by atoms with Crippen LogP contribution >= 0.6 is 0 Å². The van der Waals surface area contributed by atoms with E-state index >= 15 is 0 Å². The molecule has 0 heterocycles. The largest absolute Gasteiger partial charge is 0.409 e. The Morgan fingerprint density at radius 2 is 1.69 bits per heavy atom. The van der Waals surface area contributed by atoms with Crippen LogP contribution in [-0.2, 0) is 4.43 Å². The van der Waals surface area contributed by atoms with Crippen LogP contribution in [0.2, 0.25) is 6.04 Å². The molecule has 0 aromatic rings. The Morgan fingerprint density at radius 1 is 1.06 bits per heavy atom. The summed E-state index contributed by atoms with van der Waals surface area (Å²) in [5, 5.41) is 0. The normalized spacial score (nSPS) is 25.3. The van der Waals surface area contributed by atoms with Gasteiger partial charge in [-0.15, -0.1) is 0 Å². The SMILES string of the molecule is CO[SiH](CCC1CCCC1)NC1CCCC1. The minimum Gasteiger partial charge on any atom is -0.409 e. The predicted octanol–water partition coefficient (Wildman–Crippen LogP) is 2.97.